The molecule has 0 aromatic heterocycles. The van der Waals surface area contributed by atoms with E-state index in [1.807, 2.05) is 0 Å². The Balaban J connectivity index is 4.00. The number of hydrogen-bond donors (Lipinski definition) is 0. The number of hydrogen-bond acceptors (Lipinski definition) is 6. The fourth-order valence-corrected chi connectivity index (χ4v) is 10.7. The quantitative estimate of drug-likeness (QED) is 0.0261. The van der Waals surface area contributed by atoms with E-state index in [0.717, 1.165) is 89.9 Å². The highest BCUT2D eigenvalue weighted by atomic mass is 16.6. The van der Waals surface area contributed by atoms with Gasteiger partial charge in [0, 0.05) is 19.3 Å². The summed E-state index contributed by atoms with van der Waals surface area (Å²) in [5, 5.41) is 0. The third kappa shape index (κ3) is 67.8. The fourth-order valence-electron chi connectivity index (χ4n) is 10.7. The van der Waals surface area contributed by atoms with E-state index in [4.69, 9.17) is 14.2 Å². The lowest BCUT2D eigenvalue weighted by atomic mass is 10.0. The van der Waals surface area contributed by atoms with Crippen molar-refractivity contribution in [2.75, 3.05) is 13.2 Å². The molecule has 6 nitrogen and oxygen atoms in total. The number of rotatable bonds is 66. The molecule has 0 rings (SSSR count). The lowest BCUT2D eigenvalue weighted by Crippen LogP contribution is -2.30. The van der Waals surface area contributed by atoms with Gasteiger partial charge in [-0.3, -0.25) is 14.4 Å². The third-order valence-corrected chi connectivity index (χ3v) is 16.0. The van der Waals surface area contributed by atoms with Crippen LogP contribution in [-0.4, -0.2) is 37.2 Å². The van der Waals surface area contributed by atoms with Crippen molar-refractivity contribution in [2.45, 2.75) is 386 Å². The second-order valence-electron chi connectivity index (χ2n) is 24.1. The van der Waals surface area contributed by atoms with Gasteiger partial charge in [0.25, 0.3) is 0 Å². The van der Waals surface area contributed by atoms with Crippen LogP contribution in [0.4, 0.5) is 0 Å². The molecular weight excluding hydrogens is 997 g/mol. The summed E-state index contributed by atoms with van der Waals surface area (Å²) in [6, 6.07) is 0. The van der Waals surface area contributed by atoms with Crippen LogP contribution in [-0.2, 0) is 28.6 Å². The number of allylic oxidation sites excluding steroid dienone is 10. The molecule has 0 spiro atoms. The first-order chi connectivity index (χ1) is 40.0. The highest BCUT2D eigenvalue weighted by Gasteiger charge is 2.19. The summed E-state index contributed by atoms with van der Waals surface area (Å²) in [5.74, 6) is -0.843. The van der Waals surface area contributed by atoms with Gasteiger partial charge < -0.3 is 14.2 Å². The van der Waals surface area contributed by atoms with E-state index in [0.29, 0.717) is 19.3 Å². The number of carbonyl (C=O) groups is 3. The highest BCUT2D eigenvalue weighted by Crippen LogP contribution is 2.19. The summed E-state index contributed by atoms with van der Waals surface area (Å²) < 4.78 is 16.9. The topological polar surface area (TPSA) is 78.9 Å². The summed E-state index contributed by atoms with van der Waals surface area (Å²) in [6.07, 6.45) is 90.0. The van der Waals surface area contributed by atoms with Crippen LogP contribution in [0.3, 0.4) is 0 Å². The highest BCUT2D eigenvalue weighted by molar-refractivity contribution is 5.71. The lowest BCUT2D eigenvalue weighted by Gasteiger charge is -2.18. The Bertz CT molecular complexity index is 1440. The zero-order valence-electron chi connectivity index (χ0n) is 54.3. The second-order valence-corrected chi connectivity index (χ2v) is 24.1. The van der Waals surface area contributed by atoms with Crippen LogP contribution < -0.4 is 0 Å². The molecule has 0 aliphatic heterocycles. The van der Waals surface area contributed by atoms with E-state index in [-0.39, 0.29) is 31.1 Å². The summed E-state index contributed by atoms with van der Waals surface area (Å²) in [7, 11) is 0. The zero-order valence-corrected chi connectivity index (χ0v) is 54.3. The molecule has 0 aromatic carbocycles. The molecule has 0 radical (unpaired) electrons. The van der Waals surface area contributed by atoms with Gasteiger partial charge in [0.15, 0.2) is 6.10 Å². The molecule has 81 heavy (non-hydrogen) atoms. The van der Waals surface area contributed by atoms with Crippen LogP contribution in [0.25, 0.3) is 0 Å². The Labute approximate surface area is 504 Å². The minimum atomic E-state index is -0.767. The van der Waals surface area contributed by atoms with Gasteiger partial charge in [-0.15, -0.1) is 0 Å². The Morgan fingerprint density at radius 2 is 0.481 bits per heavy atom. The first kappa shape index (κ1) is 78.1. The monoisotopic (exact) mass is 1130 g/mol. The molecule has 6 heteroatoms. The van der Waals surface area contributed by atoms with Crippen molar-refractivity contribution in [3.05, 3.63) is 60.8 Å². The average Bonchev–Trinajstić information content (AvgIpc) is 3.47. The SMILES string of the molecule is CC/C=C\C/C=C\C/C=C\C/C=C\C/C=C\CCCCCCCCCCCCCCCCCCCCCC(=O)OCC(COC(=O)CCCCCCCCCC)OC(=O)CCCCCCCCCCCCCCCCCCCCCC. The van der Waals surface area contributed by atoms with E-state index in [9.17, 15) is 14.4 Å². The van der Waals surface area contributed by atoms with Gasteiger partial charge in [-0.2, -0.15) is 0 Å². The van der Waals surface area contributed by atoms with Gasteiger partial charge in [-0.1, -0.05) is 358 Å². The molecule has 1 unspecified atom stereocenters. The molecule has 0 bridgehead atoms. The maximum Gasteiger partial charge on any atom is 0.306 e. The molecule has 0 heterocycles. The number of unbranched alkanes of at least 4 members (excludes halogenated alkanes) is 45. The molecule has 0 saturated heterocycles. The molecule has 0 aromatic rings. The van der Waals surface area contributed by atoms with Crippen molar-refractivity contribution < 1.29 is 28.6 Å². The van der Waals surface area contributed by atoms with Gasteiger partial charge in [0.1, 0.15) is 13.2 Å². The molecule has 0 amide bonds. The van der Waals surface area contributed by atoms with Gasteiger partial charge in [-0.05, 0) is 64.2 Å². The van der Waals surface area contributed by atoms with E-state index >= 15 is 0 Å². The van der Waals surface area contributed by atoms with E-state index in [1.165, 1.54) is 250 Å². The second kappa shape index (κ2) is 69.6. The summed E-state index contributed by atoms with van der Waals surface area (Å²) in [6.45, 7) is 6.56. The van der Waals surface area contributed by atoms with Crippen molar-refractivity contribution in [3.8, 4) is 0 Å². The molecular formula is C75H136O6. The average molecular weight is 1130 g/mol. The summed E-state index contributed by atoms with van der Waals surface area (Å²) in [5.41, 5.74) is 0. The molecule has 0 fully saturated rings. The van der Waals surface area contributed by atoms with Crippen molar-refractivity contribution in [1.29, 1.82) is 0 Å². The molecule has 0 aliphatic rings. The number of ether oxygens (including phenoxy) is 3. The van der Waals surface area contributed by atoms with Gasteiger partial charge >= 0.3 is 17.9 Å². The number of esters is 3. The standard InChI is InChI=1S/C75H136O6/c1-4-7-10-13-16-19-21-23-25-27-29-31-32-33-34-35-36-37-38-39-40-41-42-43-44-45-47-48-50-52-54-56-59-62-65-68-74(77)80-71-72(70-79-73(76)67-64-61-58-18-15-12-9-6-3)81-75(78)69-66-63-60-57-55-53-51-49-46-30-28-26-24-22-20-17-14-11-8-5-2/h7,10,16,19,23,25,29,31,33-34,72H,4-6,8-9,11-15,17-18,20-22,24,26-28,30,32,35-71H2,1-3H3/b10-7-,19-16-,25-23-,31-29-,34-33-. The largest absolute Gasteiger partial charge is 0.462 e. The van der Waals surface area contributed by atoms with Crippen LogP contribution in [0.5, 0.6) is 0 Å². The molecule has 0 aliphatic carbocycles. The first-order valence-electron chi connectivity index (χ1n) is 35.8. The van der Waals surface area contributed by atoms with E-state index < -0.39 is 6.10 Å². The van der Waals surface area contributed by atoms with Crippen LogP contribution in [0.15, 0.2) is 60.8 Å². The van der Waals surface area contributed by atoms with E-state index in [1.54, 1.807) is 0 Å². The van der Waals surface area contributed by atoms with Crippen LogP contribution in [0, 0.1) is 0 Å². The predicted octanol–water partition coefficient (Wildman–Crippen LogP) is 24.7. The predicted molar refractivity (Wildman–Crippen MR) is 353 cm³/mol. The molecule has 0 saturated carbocycles. The minimum absolute atomic E-state index is 0.0663. The smallest absolute Gasteiger partial charge is 0.306 e. The van der Waals surface area contributed by atoms with Gasteiger partial charge in [0.2, 0.25) is 0 Å². The Hall–Kier alpha value is -2.89. The Morgan fingerprint density at radius 1 is 0.259 bits per heavy atom. The van der Waals surface area contributed by atoms with Gasteiger partial charge in [0.05, 0.1) is 0 Å². The van der Waals surface area contributed by atoms with Gasteiger partial charge in [-0.25, -0.2) is 0 Å². The van der Waals surface area contributed by atoms with Crippen molar-refractivity contribution in [3.63, 3.8) is 0 Å². The maximum atomic E-state index is 12.9. The molecule has 472 valence electrons. The maximum absolute atomic E-state index is 12.9. The zero-order chi connectivity index (χ0) is 58.5. The normalized spacial score (nSPS) is 12.4. The van der Waals surface area contributed by atoms with Crippen LogP contribution >= 0.6 is 0 Å². The molecule has 1 atom stereocenters. The fraction of sp³-hybridized carbons (Fsp3) is 0.827. The van der Waals surface area contributed by atoms with Crippen molar-refractivity contribution in [2.24, 2.45) is 0 Å². The first-order valence-corrected chi connectivity index (χ1v) is 35.8. The van der Waals surface area contributed by atoms with Crippen molar-refractivity contribution >= 4 is 17.9 Å². The molecule has 0 N–H and O–H groups in total. The Morgan fingerprint density at radius 3 is 0.753 bits per heavy atom. The summed E-state index contributed by atoms with van der Waals surface area (Å²) in [4.78, 5) is 38.2. The Kier molecular flexibility index (Phi) is 67.1. The van der Waals surface area contributed by atoms with Crippen LogP contribution in [0.2, 0.25) is 0 Å². The summed E-state index contributed by atoms with van der Waals surface area (Å²) >= 11 is 0. The number of carbonyl (C=O) groups excluding carboxylic acids is 3. The lowest BCUT2D eigenvalue weighted by molar-refractivity contribution is -0.167. The van der Waals surface area contributed by atoms with Crippen molar-refractivity contribution in [1.82, 2.24) is 0 Å². The van der Waals surface area contributed by atoms with E-state index in [2.05, 4.69) is 81.5 Å². The third-order valence-electron chi connectivity index (χ3n) is 16.0. The van der Waals surface area contributed by atoms with Crippen LogP contribution in [0.1, 0.15) is 380 Å². The minimum Gasteiger partial charge on any atom is -0.462 e.